The van der Waals surface area contributed by atoms with Crippen molar-refractivity contribution in [1.29, 1.82) is 5.26 Å². The molecule has 0 saturated heterocycles. The molecule has 25 heavy (non-hydrogen) atoms. The van der Waals surface area contributed by atoms with Gasteiger partial charge in [-0.2, -0.15) is 5.26 Å². The average Bonchev–Trinajstić information content (AvgIpc) is 2.60. The zero-order valence-electron chi connectivity index (χ0n) is 12.6. The number of sulfonamides is 1. The van der Waals surface area contributed by atoms with Crippen molar-refractivity contribution in [2.24, 2.45) is 0 Å². The van der Waals surface area contributed by atoms with Crippen LogP contribution < -0.4 is 10.0 Å². The van der Waals surface area contributed by atoms with Crippen molar-refractivity contribution in [2.45, 2.75) is 9.79 Å². The Bertz CT molecular complexity index is 1030. The number of nitrogens with one attached hydrogen (secondary N) is 2. The molecule has 0 unspecified atom stereocenters. The van der Waals surface area contributed by atoms with Gasteiger partial charge in [0.25, 0.3) is 15.9 Å². The van der Waals surface area contributed by atoms with E-state index in [1.54, 1.807) is 6.07 Å². The normalized spacial score (nSPS) is 13.3. The zero-order chi connectivity index (χ0) is 18.0. The molecule has 3 rings (SSSR count). The Labute approximate surface area is 148 Å². The first kappa shape index (κ1) is 17.0. The molecule has 0 aromatic heterocycles. The highest BCUT2D eigenvalue weighted by atomic mass is 32.2. The topological polar surface area (TPSA) is 116 Å². The third-order valence-corrected chi connectivity index (χ3v) is 5.78. The van der Waals surface area contributed by atoms with Crippen LogP contribution in [0.15, 0.2) is 52.3 Å². The molecule has 1 aliphatic rings. The third-order valence-electron chi connectivity index (χ3n) is 3.38. The standard InChI is InChI=1S/C16H11N3O4S2/c17-8-10-2-1-3-12(6-10)25(22,23)19-16(21)11-4-5-14-13(7-11)18-15(20)9-24-14/h1-7H,9H2,(H,18,20)(H,19,21). The van der Waals surface area contributed by atoms with E-state index >= 15 is 0 Å². The Hall–Kier alpha value is -2.83. The number of benzene rings is 2. The van der Waals surface area contributed by atoms with E-state index in [0.717, 1.165) is 4.90 Å². The predicted molar refractivity (Wildman–Crippen MR) is 91.6 cm³/mol. The van der Waals surface area contributed by atoms with E-state index < -0.39 is 15.9 Å². The lowest BCUT2D eigenvalue weighted by atomic mass is 10.2. The number of nitriles is 1. The molecule has 1 heterocycles. The van der Waals surface area contributed by atoms with E-state index in [0.29, 0.717) is 11.4 Å². The maximum atomic E-state index is 12.3. The van der Waals surface area contributed by atoms with Gasteiger partial charge in [-0.1, -0.05) is 6.07 Å². The smallest absolute Gasteiger partial charge is 0.265 e. The molecule has 7 nitrogen and oxygen atoms in total. The highest BCUT2D eigenvalue weighted by Gasteiger charge is 2.21. The maximum absolute atomic E-state index is 12.3. The number of thioether (sulfide) groups is 1. The Morgan fingerprint density at radius 3 is 2.80 bits per heavy atom. The van der Waals surface area contributed by atoms with Crippen LogP contribution in [0.5, 0.6) is 0 Å². The Kier molecular flexibility index (Phi) is 4.48. The quantitative estimate of drug-likeness (QED) is 0.846. The SMILES string of the molecule is N#Cc1cccc(S(=O)(=O)NC(=O)c2ccc3c(c2)NC(=O)CS3)c1. The summed E-state index contributed by atoms with van der Waals surface area (Å²) in [6.07, 6.45) is 0. The van der Waals surface area contributed by atoms with Crippen molar-refractivity contribution >= 4 is 39.3 Å². The second-order valence-corrected chi connectivity index (χ2v) is 7.82. The molecule has 126 valence electrons. The minimum atomic E-state index is -4.12. The molecule has 0 fully saturated rings. The molecule has 0 bridgehead atoms. The Morgan fingerprint density at radius 2 is 2.04 bits per heavy atom. The fourth-order valence-electron chi connectivity index (χ4n) is 2.20. The highest BCUT2D eigenvalue weighted by molar-refractivity contribution is 8.00. The van der Waals surface area contributed by atoms with Crippen molar-refractivity contribution in [3.63, 3.8) is 0 Å². The minimum absolute atomic E-state index is 0.0987. The first-order valence-corrected chi connectivity index (χ1v) is 9.50. The number of amides is 2. The predicted octanol–water partition coefficient (Wildman–Crippen LogP) is 1.72. The van der Waals surface area contributed by atoms with E-state index in [4.69, 9.17) is 5.26 Å². The number of nitrogens with zero attached hydrogens (tertiary/aromatic N) is 1. The molecule has 9 heteroatoms. The fourth-order valence-corrected chi connectivity index (χ4v) is 4.01. The first-order valence-electron chi connectivity index (χ1n) is 7.03. The lowest BCUT2D eigenvalue weighted by molar-refractivity contribution is -0.113. The van der Waals surface area contributed by atoms with Crippen molar-refractivity contribution < 1.29 is 18.0 Å². The lowest BCUT2D eigenvalue weighted by Crippen LogP contribution is -2.31. The zero-order valence-corrected chi connectivity index (χ0v) is 14.3. The summed E-state index contributed by atoms with van der Waals surface area (Å²) in [5.74, 6) is -0.715. The van der Waals surface area contributed by atoms with E-state index in [1.165, 1.54) is 48.2 Å². The van der Waals surface area contributed by atoms with Gasteiger partial charge >= 0.3 is 0 Å². The summed E-state index contributed by atoms with van der Waals surface area (Å²) in [7, 11) is -4.12. The van der Waals surface area contributed by atoms with Gasteiger partial charge in [0.1, 0.15) is 0 Å². The fraction of sp³-hybridized carbons (Fsp3) is 0.0625. The van der Waals surface area contributed by atoms with Crippen LogP contribution in [0.25, 0.3) is 0 Å². The van der Waals surface area contributed by atoms with Crippen molar-refractivity contribution in [1.82, 2.24) is 4.72 Å². The van der Waals surface area contributed by atoms with Crippen LogP contribution in [0.4, 0.5) is 5.69 Å². The van der Waals surface area contributed by atoms with Crippen LogP contribution in [0.2, 0.25) is 0 Å². The summed E-state index contributed by atoms with van der Waals surface area (Å²) in [4.78, 5) is 24.3. The molecule has 0 radical (unpaired) electrons. The second-order valence-electron chi connectivity index (χ2n) is 5.12. The van der Waals surface area contributed by atoms with Crippen LogP contribution in [-0.2, 0) is 14.8 Å². The van der Waals surface area contributed by atoms with E-state index in [-0.39, 0.29) is 21.9 Å². The maximum Gasteiger partial charge on any atom is 0.265 e. The van der Waals surface area contributed by atoms with Crippen molar-refractivity contribution in [3.8, 4) is 6.07 Å². The molecule has 2 aromatic carbocycles. The van der Waals surface area contributed by atoms with Crippen LogP contribution >= 0.6 is 11.8 Å². The lowest BCUT2D eigenvalue weighted by Gasteiger charge is -2.17. The van der Waals surface area contributed by atoms with Crippen LogP contribution in [0.1, 0.15) is 15.9 Å². The second kappa shape index (κ2) is 6.58. The summed E-state index contributed by atoms with van der Waals surface area (Å²) in [5.41, 5.74) is 0.739. The summed E-state index contributed by atoms with van der Waals surface area (Å²) in [5, 5.41) is 11.5. The molecule has 0 spiro atoms. The average molecular weight is 373 g/mol. The van der Waals surface area contributed by atoms with E-state index in [2.05, 4.69) is 5.32 Å². The number of hydrogen-bond acceptors (Lipinski definition) is 6. The van der Waals surface area contributed by atoms with Crippen LogP contribution in [0, 0.1) is 11.3 Å². The monoisotopic (exact) mass is 373 g/mol. The van der Waals surface area contributed by atoms with Crippen molar-refractivity contribution in [2.75, 3.05) is 11.1 Å². The minimum Gasteiger partial charge on any atom is -0.324 e. The number of rotatable bonds is 3. The third kappa shape index (κ3) is 3.65. The largest absolute Gasteiger partial charge is 0.324 e. The number of hydrogen-bond donors (Lipinski definition) is 2. The van der Waals surface area contributed by atoms with Gasteiger partial charge in [0, 0.05) is 10.5 Å². The Balaban J connectivity index is 1.85. The van der Waals surface area contributed by atoms with Gasteiger partial charge in [-0.15, -0.1) is 11.8 Å². The molecule has 2 amide bonds. The number of fused-ring (bicyclic) bond motifs is 1. The van der Waals surface area contributed by atoms with Gasteiger partial charge < -0.3 is 5.32 Å². The summed E-state index contributed by atoms with van der Waals surface area (Å²) >= 11 is 1.34. The van der Waals surface area contributed by atoms with Gasteiger partial charge in [-0.05, 0) is 36.4 Å². The molecule has 2 aromatic rings. The molecule has 0 atom stereocenters. The summed E-state index contributed by atoms with van der Waals surface area (Å²) in [6.45, 7) is 0. The van der Waals surface area contributed by atoms with Gasteiger partial charge in [0.05, 0.1) is 28.0 Å². The molecular weight excluding hydrogens is 362 g/mol. The molecule has 0 aliphatic carbocycles. The molecule has 0 saturated carbocycles. The first-order chi connectivity index (χ1) is 11.9. The van der Waals surface area contributed by atoms with Gasteiger partial charge in [0.15, 0.2) is 0 Å². The molecular formula is C16H11N3O4S2. The highest BCUT2D eigenvalue weighted by Crippen LogP contribution is 2.32. The van der Waals surface area contributed by atoms with E-state index in [1.807, 2.05) is 10.8 Å². The molecule has 1 aliphatic heterocycles. The van der Waals surface area contributed by atoms with Gasteiger partial charge in [0.2, 0.25) is 5.91 Å². The van der Waals surface area contributed by atoms with Crippen LogP contribution in [0.3, 0.4) is 0 Å². The van der Waals surface area contributed by atoms with Gasteiger partial charge in [-0.3, -0.25) is 9.59 Å². The van der Waals surface area contributed by atoms with E-state index in [9.17, 15) is 18.0 Å². The van der Waals surface area contributed by atoms with Crippen LogP contribution in [-0.4, -0.2) is 26.0 Å². The molecule has 2 N–H and O–H groups in total. The number of carbonyl (C=O) groups is 2. The van der Waals surface area contributed by atoms with Crippen molar-refractivity contribution in [3.05, 3.63) is 53.6 Å². The van der Waals surface area contributed by atoms with Gasteiger partial charge in [-0.25, -0.2) is 13.1 Å². The summed E-state index contributed by atoms with van der Waals surface area (Å²) < 4.78 is 26.6. The Morgan fingerprint density at radius 1 is 1.24 bits per heavy atom. The number of carbonyl (C=O) groups excluding carboxylic acids is 2. The number of anilines is 1. The summed E-state index contributed by atoms with van der Waals surface area (Å²) in [6, 6.07) is 11.8.